The predicted molar refractivity (Wildman–Crippen MR) is 70.2 cm³/mol. The number of hydrogen-bond acceptors (Lipinski definition) is 5. The Morgan fingerprint density at radius 2 is 2.10 bits per heavy atom. The summed E-state index contributed by atoms with van der Waals surface area (Å²) in [5.41, 5.74) is -0.818. The van der Waals surface area contributed by atoms with Crippen molar-refractivity contribution in [3.8, 4) is 0 Å². The first-order valence-electron chi connectivity index (χ1n) is 6.40. The Kier molecular flexibility index (Phi) is 5.90. The zero-order valence-corrected chi connectivity index (χ0v) is 11.8. The van der Waals surface area contributed by atoms with Crippen molar-refractivity contribution >= 4 is 17.9 Å². The van der Waals surface area contributed by atoms with Gasteiger partial charge in [-0.25, -0.2) is 4.79 Å². The summed E-state index contributed by atoms with van der Waals surface area (Å²) in [5, 5.41) is 13.7. The van der Waals surface area contributed by atoms with Crippen LogP contribution in [0.2, 0.25) is 0 Å². The number of carboxylic acid groups (broad SMARTS) is 1. The van der Waals surface area contributed by atoms with Gasteiger partial charge in [-0.3, -0.25) is 19.8 Å². The van der Waals surface area contributed by atoms with Gasteiger partial charge >= 0.3 is 12.0 Å². The topological polar surface area (TPSA) is 108 Å². The van der Waals surface area contributed by atoms with Gasteiger partial charge in [0.1, 0.15) is 0 Å². The van der Waals surface area contributed by atoms with Gasteiger partial charge in [0.2, 0.25) is 5.91 Å². The molecule has 0 aliphatic carbocycles. The number of urea groups is 1. The van der Waals surface area contributed by atoms with Crippen molar-refractivity contribution in [2.75, 3.05) is 39.9 Å². The molecule has 0 aromatic rings. The molecule has 1 heterocycles. The van der Waals surface area contributed by atoms with E-state index in [-0.39, 0.29) is 6.54 Å². The maximum atomic E-state index is 11.6. The Bertz CT molecular complexity index is 387. The first-order chi connectivity index (χ1) is 9.37. The summed E-state index contributed by atoms with van der Waals surface area (Å²) in [7, 11) is 1.51. The molecule has 0 radical (unpaired) electrons. The molecule has 0 spiro atoms. The molecule has 20 heavy (non-hydrogen) atoms. The lowest BCUT2D eigenvalue weighted by molar-refractivity contribution is -0.147. The number of carboxylic acids is 1. The molecular weight excluding hydrogens is 266 g/mol. The van der Waals surface area contributed by atoms with Crippen molar-refractivity contribution in [3.05, 3.63) is 0 Å². The second kappa shape index (κ2) is 7.20. The lowest BCUT2D eigenvalue weighted by Crippen LogP contribution is -2.45. The highest BCUT2D eigenvalue weighted by molar-refractivity contribution is 5.95. The average molecular weight is 287 g/mol. The van der Waals surface area contributed by atoms with Crippen LogP contribution in [0.25, 0.3) is 0 Å². The number of ether oxygens (including phenoxy) is 1. The molecule has 0 saturated carbocycles. The van der Waals surface area contributed by atoms with E-state index in [1.54, 1.807) is 11.8 Å². The predicted octanol–water partition coefficient (Wildman–Crippen LogP) is -0.745. The quantitative estimate of drug-likeness (QED) is 0.555. The minimum absolute atomic E-state index is 0.0145. The number of amides is 3. The van der Waals surface area contributed by atoms with Crippen LogP contribution in [-0.2, 0) is 14.3 Å². The minimum atomic E-state index is -0.863. The van der Waals surface area contributed by atoms with Crippen LogP contribution in [0, 0.1) is 5.41 Å². The molecule has 3 amide bonds. The van der Waals surface area contributed by atoms with E-state index in [1.807, 2.05) is 0 Å². The summed E-state index contributed by atoms with van der Waals surface area (Å²) in [5.74, 6) is -1.31. The van der Waals surface area contributed by atoms with Crippen LogP contribution >= 0.6 is 0 Å². The number of aliphatic carboxylic acids is 1. The number of imide groups is 1. The van der Waals surface area contributed by atoms with Gasteiger partial charge in [-0.2, -0.15) is 0 Å². The van der Waals surface area contributed by atoms with Crippen LogP contribution in [0.5, 0.6) is 0 Å². The zero-order chi connectivity index (χ0) is 15.2. The highest BCUT2D eigenvalue weighted by atomic mass is 16.5. The van der Waals surface area contributed by atoms with Gasteiger partial charge in [-0.1, -0.05) is 0 Å². The SMILES string of the molecule is COCCNC(=O)NC(=O)CN1CCC(C)(C(=O)O)C1. The van der Waals surface area contributed by atoms with E-state index in [9.17, 15) is 14.4 Å². The van der Waals surface area contributed by atoms with Crippen molar-refractivity contribution in [1.82, 2.24) is 15.5 Å². The van der Waals surface area contributed by atoms with Gasteiger partial charge in [-0.05, 0) is 19.9 Å². The summed E-state index contributed by atoms with van der Waals surface area (Å²) in [6, 6.07) is -0.577. The first kappa shape index (κ1) is 16.4. The Labute approximate surface area is 117 Å². The first-order valence-corrected chi connectivity index (χ1v) is 6.40. The summed E-state index contributed by atoms with van der Waals surface area (Å²) >= 11 is 0. The Hall–Kier alpha value is -1.67. The second-order valence-corrected chi connectivity index (χ2v) is 5.12. The standard InChI is InChI=1S/C12H21N3O5/c1-12(10(17)18)3-5-15(8-12)7-9(16)14-11(19)13-4-6-20-2/h3-8H2,1-2H3,(H,17,18)(H2,13,14,16,19). The second-order valence-electron chi connectivity index (χ2n) is 5.12. The molecule has 0 aromatic carbocycles. The molecule has 8 nitrogen and oxygen atoms in total. The molecule has 1 unspecified atom stereocenters. The molecule has 3 N–H and O–H groups in total. The molecule has 0 bridgehead atoms. The van der Waals surface area contributed by atoms with Crippen LogP contribution in [0.3, 0.4) is 0 Å². The smallest absolute Gasteiger partial charge is 0.321 e. The van der Waals surface area contributed by atoms with E-state index in [1.165, 1.54) is 7.11 Å². The highest BCUT2D eigenvalue weighted by Gasteiger charge is 2.40. The van der Waals surface area contributed by atoms with Gasteiger partial charge in [0.05, 0.1) is 18.6 Å². The van der Waals surface area contributed by atoms with Gasteiger partial charge in [0, 0.05) is 20.2 Å². The molecule has 114 valence electrons. The van der Waals surface area contributed by atoms with E-state index >= 15 is 0 Å². The minimum Gasteiger partial charge on any atom is -0.481 e. The molecule has 1 rings (SSSR count). The summed E-state index contributed by atoms with van der Waals surface area (Å²) in [4.78, 5) is 35.8. The largest absolute Gasteiger partial charge is 0.481 e. The summed E-state index contributed by atoms with van der Waals surface area (Å²) in [6.45, 7) is 3.19. The van der Waals surface area contributed by atoms with E-state index < -0.39 is 23.3 Å². The lowest BCUT2D eigenvalue weighted by Gasteiger charge is -2.19. The number of hydrogen-bond donors (Lipinski definition) is 3. The Balaban J connectivity index is 2.30. The number of likely N-dealkylation sites (tertiary alicyclic amines) is 1. The summed E-state index contributed by atoms with van der Waals surface area (Å²) < 4.78 is 4.76. The third-order valence-electron chi connectivity index (χ3n) is 3.28. The fourth-order valence-electron chi connectivity index (χ4n) is 2.05. The normalized spacial score (nSPS) is 22.5. The average Bonchev–Trinajstić information content (AvgIpc) is 2.72. The number of nitrogens with one attached hydrogen (secondary N) is 2. The van der Waals surface area contributed by atoms with Crippen LogP contribution in [-0.4, -0.2) is 67.8 Å². The number of methoxy groups -OCH3 is 1. The van der Waals surface area contributed by atoms with Crippen LogP contribution in [0.4, 0.5) is 4.79 Å². The Morgan fingerprint density at radius 1 is 1.40 bits per heavy atom. The monoisotopic (exact) mass is 287 g/mol. The van der Waals surface area contributed by atoms with Gasteiger partial charge in [0.15, 0.2) is 0 Å². The molecular formula is C12H21N3O5. The van der Waals surface area contributed by atoms with Crippen LogP contribution < -0.4 is 10.6 Å². The fourth-order valence-corrected chi connectivity index (χ4v) is 2.05. The maximum Gasteiger partial charge on any atom is 0.321 e. The third kappa shape index (κ3) is 4.78. The number of rotatable bonds is 6. The van der Waals surface area contributed by atoms with Crippen LogP contribution in [0.1, 0.15) is 13.3 Å². The van der Waals surface area contributed by atoms with E-state index in [0.29, 0.717) is 32.7 Å². The molecule has 1 saturated heterocycles. The molecule has 8 heteroatoms. The van der Waals surface area contributed by atoms with Gasteiger partial charge < -0.3 is 15.2 Å². The van der Waals surface area contributed by atoms with Crippen molar-refractivity contribution < 1.29 is 24.2 Å². The maximum absolute atomic E-state index is 11.6. The molecule has 0 aromatic heterocycles. The van der Waals surface area contributed by atoms with E-state index in [4.69, 9.17) is 9.84 Å². The summed E-state index contributed by atoms with van der Waals surface area (Å²) in [6.07, 6.45) is 0.496. The number of carbonyl (C=O) groups excluding carboxylic acids is 2. The van der Waals surface area contributed by atoms with Crippen LogP contribution in [0.15, 0.2) is 0 Å². The van der Waals surface area contributed by atoms with E-state index in [2.05, 4.69) is 10.6 Å². The molecule has 1 aliphatic rings. The number of carbonyl (C=O) groups is 3. The van der Waals surface area contributed by atoms with Gasteiger partial charge in [-0.15, -0.1) is 0 Å². The van der Waals surface area contributed by atoms with Crippen molar-refractivity contribution in [2.24, 2.45) is 5.41 Å². The molecule has 1 atom stereocenters. The molecule has 1 aliphatic heterocycles. The number of nitrogens with zero attached hydrogens (tertiary/aromatic N) is 1. The molecule has 1 fully saturated rings. The fraction of sp³-hybridized carbons (Fsp3) is 0.750. The lowest BCUT2D eigenvalue weighted by atomic mass is 9.90. The van der Waals surface area contributed by atoms with Crippen molar-refractivity contribution in [2.45, 2.75) is 13.3 Å². The van der Waals surface area contributed by atoms with Crippen molar-refractivity contribution in [3.63, 3.8) is 0 Å². The highest BCUT2D eigenvalue weighted by Crippen LogP contribution is 2.29. The van der Waals surface area contributed by atoms with Crippen molar-refractivity contribution in [1.29, 1.82) is 0 Å². The Morgan fingerprint density at radius 3 is 2.65 bits per heavy atom. The third-order valence-corrected chi connectivity index (χ3v) is 3.28. The van der Waals surface area contributed by atoms with Gasteiger partial charge in [0.25, 0.3) is 0 Å². The zero-order valence-electron chi connectivity index (χ0n) is 11.8. The van der Waals surface area contributed by atoms with E-state index in [0.717, 1.165) is 0 Å².